The molecule has 1 heterocycles. The van der Waals surface area contributed by atoms with E-state index in [9.17, 15) is 8.42 Å². The highest BCUT2D eigenvalue weighted by molar-refractivity contribution is 7.90. The highest BCUT2D eigenvalue weighted by atomic mass is 35.5. The molecule has 4 nitrogen and oxygen atoms in total. The Balaban J connectivity index is 1.76. The van der Waals surface area contributed by atoms with Gasteiger partial charge in [-0.1, -0.05) is 36.4 Å². The third kappa shape index (κ3) is 2.88. The first-order valence-corrected chi connectivity index (χ1v) is 8.65. The largest absolute Gasteiger partial charge is 0.361 e. The second kappa shape index (κ2) is 6.12. The fourth-order valence-electron chi connectivity index (χ4n) is 2.37. The number of H-pyrrole nitrogens is 1. The summed E-state index contributed by atoms with van der Waals surface area (Å²) in [5.41, 5.74) is 2.08. The second-order valence-corrected chi connectivity index (χ2v) is 7.41. The van der Waals surface area contributed by atoms with Gasteiger partial charge in [-0.25, -0.2) is 8.42 Å². The van der Waals surface area contributed by atoms with Crippen LogP contribution in [0.4, 0.5) is 0 Å². The quantitative estimate of drug-likeness (QED) is 0.725. The minimum absolute atomic E-state index is 0.198. The molecular formula is C16H15ClN2O2S. The summed E-state index contributed by atoms with van der Waals surface area (Å²) in [6, 6.07) is 16.1. The molecular weight excluding hydrogens is 320 g/mol. The van der Waals surface area contributed by atoms with Crippen molar-refractivity contribution in [3.05, 3.63) is 66.4 Å². The Bertz CT molecular complexity index is 875. The smallest absolute Gasteiger partial charge is 0.256 e. The maximum absolute atomic E-state index is 12.3. The zero-order chi connectivity index (χ0) is 15.6. The van der Waals surface area contributed by atoms with E-state index >= 15 is 0 Å². The molecule has 0 spiro atoms. The number of halogens is 1. The zero-order valence-electron chi connectivity index (χ0n) is 11.7. The molecule has 114 valence electrons. The van der Waals surface area contributed by atoms with Crippen LogP contribution in [0.5, 0.6) is 0 Å². The van der Waals surface area contributed by atoms with E-state index < -0.39 is 10.0 Å². The van der Waals surface area contributed by atoms with E-state index in [4.69, 9.17) is 11.8 Å². The first kappa shape index (κ1) is 15.1. The fraction of sp³-hybridized carbons (Fsp3) is 0.125. The van der Waals surface area contributed by atoms with Gasteiger partial charge in [0.1, 0.15) is 0 Å². The molecule has 1 N–H and O–H groups in total. The van der Waals surface area contributed by atoms with Crippen LogP contribution in [0, 0.1) is 0 Å². The van der Waals surface area contributed by atoms with Gasteiger partial charge in [0.2, 0.25) is 0 Å². The molecule has 1 aromatic heterocycles. The molecule has 0 bridgehead atoms. The van der Waals surface area contributed by atoms with Crippen LogP contribution in [0.15, 0.2) is 65.7 Å². The van der Waals surface area contributed by atoms with Crippen molar-refractivity contribution in [1.29, 1.82) is 0 Å². The van der Waals surface area contributed by atoms with Crippen molar-refractivity contribution in [3.8, 4) is 0 Å². The van der Waals surface area contributed by atoms with Gasteiger partial charge in [-0.15, -0.1) is 3.82 Å². The number of aromatic amines is 1. The maximum atomic E-state index is 12.3. The van der Waals surface area contributed by atoms with Gasteiger partial charge in [0.15, 0.2) is 0 Å². The van der Waals surface area contributed by atoms with Crippen LogP contribution in [-0.2, 0) is 16.4 Å². The number of fused-ring (bicyclic) bond motifs is 1. The summed E-state index contributed by atoms with van der Waals surface area (Å²) >= 11 is 6.01. The van der Waals surface area contributed by atoms with Gasteiger partial charge < -0.3 is 4.98 Å². The number of hydrogen-bond acceptors (Lipinski definition) is 2. The van der Waals surface area contributed by atoms with Crippen LogP contribution < -0.4 is 0 Å². The minimum Gasteiger partial charge on any atom is -0.361 e. The average molecular weight is 335 g/mol. The van der Waals surface area contributed by atoms with E-state index in [2.05, 4.69) is 4.98 Å². The monoisotopic (exact) mass is 334 g/mol. The predicted octanol–water partition coefficient (Wildman–Crippen LogP) is 3.56. The Labute approximate surface area is 134 Å². The highest BCUT2D eigenvalue weighted by Crippen LogP contribution is 2.21. The predicted molar refractivity (Wildman–Crippen MR) is 88.2 cm³/mol. The van der Waals surface area contributed by atoms with E-state index in [1.54, 1.807) is 18.2 Å². The number of rotatable bonds is 5. The van der Waals surface area contributed by atoms with Crippen LogP contribution in [-0.4, -0.2) is 23.8 Å². The van der Waals surface area contributed by atoms with Crippen molar-refractivity contribution < 1.29 is 8.42 Å². The van der Waals surface area contributed by atoms with E-state index in [0.29, 0.717) is 6.42 Å². The molecule has 0 amide bonds. The van der Waals surface area contributed by atoms with E-state index in [-0.39, 0.29) is 11.4 Å². The first-order chi connectivity index (χ1) is 10.6. The van der Waals surface area contributed by atoms with E-state index in [1.807, 2.05) is 30.5 Å². The molecule has 0 radical (unpaired) electrons. The molecule has 0 fully saturated rings. The molecule has 0 aliphatic carbocycles. The lowest BCUT2D eigenvalue weighted by Gasteiger charge is -2.14. The molecule has 22 heavy (non-hydrogen) atoms. The Hall–Kier alpha value is -1.82. The molecule has 0 saturated carbocycles. The van der Waals surface area contributed by atoms with Gasteiger partial charge in [-0.2, -0.15) is 0 Å². The van der Waals surface area contributed by atoms with Crippen LogP contribution in [0.2, 0.25) is 0 Å². The van der Waals surface area contributed by atoms with Crippen molar-refractivity contribution in [2.45, 2.75) is 11.3 Å². The van der Waals surface area contributed by atoms with Crippen molar-refractivity contribution >= 4 is 32.7 Å². The van der Waals surface area contributed by atoms with Gasteiger partial charge in [-0.3, -0.25) is 0 Å². The summed E-state index contributed by atoms with van der Waals surface area (Å²) in [5.74, 6) is 0. The molecule has 3 rings (SSSR count). The Kier molecular flexibility index (Phi) is 4.20. The molecule has 6 heteroatoms. The Morgan fingerprint density at radius 2 is 1.68 bits per heavy atom. The topological polar surface area (TPSA) is 53.2 Å². The summed E-state index contributed by atoms with van der Waals surface area (Å²) in [6.07, 6.45) is 2.43. The van der Waals surface area contributed by atoms with Crippen molar-refractivity contribution in [3.63, 3.8) is 0 Å². The number of aromatic nitrogens is 1. The molecule has 3 aromatic rings. The molecule has 2 aromatic carbocycles. The number of sulfonamides is 1. The summed E-state index contributed by atoms with van der Waals surface area (Å²) in [7, 11) is -3.66. The lowest BCUT2D eigenvalue weighted by Crippen LogP contribution is -2.24. The highest BCUT2D eigenvalue weighted by Gasteiger charge is 2.22. The first-order valence-electron chi connectivity index (χ1n) is 6.87. The number of benzene rings is 2. The standard InChI is InChI=1S/C16H15ClN2O2S/c17-19(22(20,21)14-6-2-1-3-7-14)11-10-13-12-18-16-9-5-4-8-15(13)16/h1-9,12,18H,10-11H2. The third-order valence-corrected chi connectivity index (χ3v) is 5.82. The second-order valence-electron chi connectivity index (χ2n) is 4.94. The molecule has 0 aliphatic rings. The SMILES string of the molecule is O=S(=O)(c1ccccc1)N(Cl)CCc1c[nH]c2ccccc12. The van der Waals surface area contributed by atoms with Crippen LogP contribution in [0.1, 0.15) is 5.56 Å². The Morgan fingerprint density at radius 1 is 1.00 bits per heavy atom. The van der Waals surface area contributed by atoms with Crippen molar-refractivity contribution in [2.24, 2.45) is 0 Å². The summed E-state index contributed by atoms with van der Waals surface area (Å²) in [6.45, 7) is 0.209. The number of para-hydroxylation sites is 1. The van der Waals surface area contributed by atoms with Crippen LogP contribution >= 0.6 is 11.8 Å². The summed E-state index contributed by atoms with van der Waals surface area (Å²) < 4.78 is 25.6. The van der Waals surface area contributed by atoms with Crippen molar-refractivity contribution in [2.75, 3.05) is 6.54 Å². The summed E-state index contributed by atoms with van der Waals surface area (Å²) in [4.78, 5) is 3.37. The molecule has 0 aliphatic heterocycles. The van der Waals surface area contributed by atoms with Gasteiger partial charge in [0.25, 0.3) is 10.0 Å². The number of hydrogen-bond donors (Lipinski definition) is 1. The summed E-state index contributed by atoms with van der Waals surface area (Å²) in [5, 5.41) is 1.09. The van der Waals surface area contributed by atoms with Crippen molar-refractivity contribution in [1.82, 2.24) is 8.81 Å². The zero-order valence-corrected chi connectivity index (χ0v) is 13.3. The average Bonchev–Trinajstić information content (AvgIpc) is 2.96. The van der Waals surface area contributed by atoms with Crippen LogP contribution in [0.25, 0.3) is 10.9 Å². The van der Waals surface area contributed by atoms with Gasteiger partial charge >= 0.3 is 0 Å². The normalized spacial score (nSPS) is 12.1. The van der Waals surface area contributed by atoms with E-state index in [1.165, 1.54) is 12.1 Å². The van der Waals surface area contributed by atoms with E-state index in [0.717, 1.165) is 20.3 Å². The number of nitrogens with zero attached hydrogens (tertiary/aromatic N) is 1. The maximum Gasteiger partial charge on any atom is 0.256 e. The van der Waals surface area contributed by atoms with Crippen LogP contribution in [0.3, 0.4) is 0 Å². The molecule has 0 unspecified atom stereocenters. The third-order valence-electron chi connectivity index (χ3n) is 3.53. The lowest BCUT2D eigenvalue weighted by atomic mass is 10.1. The van der Waals surface area contributed by atoms with Gasteiger partial charge in [0, 0.05) is 23.6 Å². The van der Waals surface area contributed by atoms with Gasteiger partial charge in [0.05, 0.1) is 4.90 Å². The molecule has 0 saturated heterocycles. The van der Waals surface area contributed by atoms with Gasteiger partial charge in [-0.05, 0) is 42.0 Å². The Morgan fingerprint density at radius 3 is 2.45 bits per heavy atom. The lowest BCUT2D eigenvalue weighted by molar-refractivity contribution is 0.537. The fourth-order valence-corrected chi connectivity index (χ4v) is 3.76. The molecule has 0 atom stereocenters. The minimum atomic E-state index is -3.66. The number of nitrogens with one attached hydrogen (secondary N) is 1.